The van der Waals surface area contributed by atoms with Crippen molar-refractivity contribution < 1.29 is 9.59 Å². The lowest BCUT2D eigenvalue weighted by Crippen LogP contribution is -2.23. The topological polar surface area (TPSA) is 59.1 Å². The molecule has 0 radical (unpaired) electrons. The number of nitrogens with one attached hydrogen (secondary N) is 1. The van der Waals surface area contributed by atoms with Gasteiger partial charge in [-0.25, -0.2) is 0 Å². The van der Waals surface area contributed by atoms with Gasteiger partial charge in [-0.2, -0.15) is 0 Å². The van der Waals surface area contributed by atoms with Crippen molar-refractivity contribution in [3.8, 4) is 0 Å². The van der Waals surface area contributed by atoms with Crippen LogP contribution < -0.4 is 5.32 Å². The standard InChI is InChI=1S/C21H18N2O2/c1-15(24)16-10-12-18(13-11-16)23-21(25)20(17-7-3-2-4-8-17)19-9-5-6-14-22-19/h2-14,20H,1H3,(H,23,25). The molecule has 3 rings (SSSR count). The normalized spacial score (nSPS) is 11.6. The summed E-state index contributed by atoms with van der Waals surface area (Å²) in [6.45, 7) is 1.51. The van der Waals surface area contributed by atoms with Crippen LogP contribution in [-0.2, 0) is 4.79 Å². The first kappa shape index (κ1) is 16.6. The van der Waals surface area contributed by atoms with Crippen molar-refractivity contribution in [1.29, 1.82) is 0 Å². The molecule has 0 saturated carbocycles. The molecule has 1 unspecified atom stereocenters. The quantitative estimate of drug-likeness (QED) is 0.718. The summed E-state index contributed by atoms with van der Waals surface area (Å²) in [7, 11) is 0. The van der Waals surface area contributed by atoms with Gasteiger partial charge in [0.25, 0.3) is 0 Å². The number of hydrogen-bond acceptors (Lipinski definition) is 3. The highest BCUT2D eigenvalue weighted by molar-refractivity contribution is 5.99. The molecule has 0 spiro atoms. The monoisotopic (exact) mass is 330 g/mol. The molecule has 4 nitrogen and oxygen atoms in total. The van der Waals surface area contributed by atoms with Gasteiger partial charge in [-0.3, -0.25) is 14.6 Å². The number of rotatable bonds is 5. The first-order chi connectivity index (χ1) is 12.1. The van der Waals surface area contributed by atoms with Crippen LogP contribution in [0.3, 0.4) is 0 Å². The van der Waals surface area contributed by atoms with E-state index in [4.69, 9.17) is 0 Å². The van der Waals surface area contributed by atoms with Crippen LogP contribution in [0.2, 0.25) is 0 Å². The fraction of sp³-hybridized carbons (Fsp3) is 0.0952. The predicted molar refractivity (Wildman–Crippen MR) is 97.6 cm³/mol. The summed E-state index contributed by atoms with van der Waals surface area (Å²) in [5.41, 5.74) is 2.82. The third-order valence-electron chi connectivity index (χ3n) is 3.94. The zero-order valence-corrected chi connectivity index (χ0v) is 13.8. The van der Waals surface area contributed by atoms with Crippen molar-refractivity contribution in [2.75, 3.05) is 5.32 Å². The number of carbonyl (C=O) groups excluding carboxylic acids is 2. The van der Waals surface area contributed by atoms with E-state index in [-0.39, 0.29) is 11.7 Å². The average Bonchev–Trinajstić information content (AvgIpc) is 2.64. The zero-order valence-electron chi connectivity index (χ0n) is 13.8. The summed E-state index contributed by atoms with van der Waals surface area (Å²) >= 11 is 0. The third-order valence-corrected chi connectivity index (χ3v) is 3.94. The van der Waals surface area contributed by atoms with Gasteiger partial charge in [-0.1, -0.05) is 36.4 Å². The summed E-state index contributed by atoms with van der Waals surface area (Å²) < 4.78 is 0. The maximum atomic E-state index is 12.9. The number of ketones is 1. The van der Waals surface area contributed by atoms with Crippen molar-refractivity contribution in [3.05, 3.63) is 95.8 Å². The highest BCUT2D eigenvalue weighted by Gasteiger charge is 2.23. The van der Waals surface area contributed by atoms with Gasteiger partial charge in [-0.05, 0) is 48.9 Å². The molecular weight excluding hydrogens is 312 g/mol. The lowest BCUT2D eigenvalue weighted by molar-refractivity contribution is -0.116. The first-order valence-corrected chi connectivity index (χ1v) is 8.03. The van der Waals surface area contributed by atoms with E-state index in [1.807, 2.05) is 48.5 Å². The second-order valence-corrected chi connectivity index (χ2v) is 5.72. The summed E-state index contributed by atoms with van der Waals surface area (Å²) in [4.78, 5) is 28.6. The van der Waals surface area contributed by atoms with Crippen LogP contribution in [0.15, 0.2) is 79.0 Å². The number of pyridine rings is 1. The molecular formula is C21H18N2O2. The maximum Gasteiger partial charge on any atom is 0.237 e. The number of amides is 1. The number of aromatic nitrogens is 1. The highest BCUT2D eigenvalue weighted by Crippen LogP contribution is 2.25. The van der Waals surface area contributed by atoms with Gasteiger partial charge in [0.15, 0.2) is 5.78 Å². The molecule has 1 aromatic heterocycles. The van der Waals surface area contributed by atoms with E-state index in [1.165, 1.54) is 6.92 Å². The Morgan fingerprint density at radius 1 is 0.880 bits per heavy atom. The Hall–Kier alpha value is -3.27. The van der Waals surface area contributed by atoms with Crippen LogP contribution in [0.1, 0.15) is 34.5 Å². The molecule has 2 aromatic carbocycles. The van der Waals surface area contributed by atoms with Gasteiger partial charge in [0.05, 0.1) is 5.69 Å². The third kappa shape index (κ3) is 3.98. The van der Waals surface area contributed by atoms with Crippen molar-refractivity contribution in [2.24, 2.45) is 0 Å². The molecule has 0 aliphatic heterocycles. The van der Waals surface area contributed by atoms with E-state index in [0.29, 0.717) is 16.9 Å². The molecule has 1 amide bonds. The number of anilines is 1. The molecule has 0 aliphatic rings. The first-order valence-electron chi connectivity index (χ1n) is 8.03. The Balaban J connectivity index is 1.88. The predicted octanol–water partition coefficient (Wildman–Crippen LogP) is 4.05. The fourth-order valence-electron chi connectivity index (χ4n) is 2.65. The Morgan fingerprint density at radius 2 is 1.56 bits per heavy atom. The molecule has 1 atom stereocenters. The molecule has 1 N–H and O–H groups in total. The summed E-state index contributed by atoms with van der Waals surface area (Å²) in [5, 5.41) is 2.91. The minimum absolute atomic E-state index is 0.00600. The smallest absolute Gasteiger partial charge is 0.237 e. The zero-order chi connectivity index (χ0) is 17.6. The SMILES string of the molecule is CC(=O)c1ccc(NC(=O)C(c2ccccc2)c2ccccn2)cc1. The van der Waals surface area contributed by atoms with Crippen molar-refractivity contribution in [1.82, 2.24) is 4.98 Å². The molecule has 124 valence electrons. The van der Waals surface area contributed by atoms with E-state index in [2.05, 4.69) is 10.3 Å². The van der Waals surface area contributed by atoms with Crippen LogP contribution >= 0.6 is 0 Å². The second kappa shape index (κ2) is 7.53. The lowest BCUT2D eigenvalue weighted by Gasteiger charge is -2.17. The molecule has 0 aliphatic carbocycles. The summed E-state index contributed by atoms with van der Waals surface area (Å²) in [6.07, 6.45) is 1.68. The van der Waals surface area contributed by atoms with Gasteiger partial charge in [0, 0.05) is 17.4 Å². The Labute approximate surface area is 146 Å². The molecule has 0 saturated heterocycles. The minimum Gasteiger partial charge on any atom is -0.325 e. The van der Waals surface area contributed by atoms with Crippen LogP contribution in [0.5, 0.6) is 0 Å². The Kier molecular flexibility index (Phi) is 5.00. The minimum atomic E-state index is -0.505. The maximum absolute atomic E-state index is 12.9. The molecule has 0 bridgehead atoms. The van der Waals surface area contributed by atoms with Crippen LogP contribution in [0, 0.1) is 0 Å². The van der Waals surface area contributed by atoms with Crippen molar-refractivity contribution >= 4 is 17.4 Å². The molecule has 25 heavy (non-hydrogen) atoms. The molecule has 3 aromatic rings. The van der Waals surface area contributed by atoms with E-state index in [9.17, 15) is 9.59 Å². The average molecular weight is 330 g/mol. The van der Waals surface area contributed by atoms with Crippen molar-refractivity contribution in [2.45, 2.75) is 12.8 Å². The van der Waals surface area contributed by atoms with Crippen molar-refractivity contribution in [3.63, 3.8) is 0 Å². The van der Waals surface area contributed by atoms with E-state index < -0.39 is 5.92 Å². The second-order valence-electron chi connectivity index (χ2n) is 5.72. The molecule has 4 heteroatoms. The van der Waals surface area contributed by atoms with Crippen LogP contribution in [-0.4, -0.2) is 16.7 Å². The summed E-state index contributed by atoms with van der Waals surface area (Å²) in [6, 6.07) is 22.0. The fourth-order valence-corrected chi connectivity index (χ4v) is 2.65. The van der Waals surface area contributed by atoms with E-state index >= 15 is 0 Å². The molecule has 0 fully saturated rings. The van der Waals surface area contributed by atoms with Gasteiger partial charge in [-0.15, -0.1) is 0 Å². The van der Waals surface area contributed by atoms with Gasteiger partial charge >= 0.3 is 0 Å². The Bertz CT molecular complexity index is 820. The number of Topliss-reactive ketones (excluding diaryl/α,β-unsaturated/α-hetero) is 1. The van der Waals surface area contributed by atoms with E-state index in [0.717, 1.165) is 5.56 Å². The number of benzene rings is 2. The van der Waals surface area contributed by atoms with Gasteiger partial charge in [0.1, 0.15) is 5.92 Å². The molecule has 1 heterocycles. The number of carbonyl (C=O) groups is 2. The van der Waals surface area contributed by atoms with E-state index in [1.54, 1.807) is 30.5 Å². The number of hydrogen-bond donors (Lipinski definition) is 1. The lowest BCUT2D eigenvalue weighted by atomic mass is 9.94. The van der Waals surface area contributed by atoms with Gasteiger partial charge < -0.3 is 5.32 Å². The Morgan fingerprint density at radius 3 is 2.16 bits per heavy atom. The summed E-state index contributed by atoms with van der Waals surface area (Å²) in [5.74, 6) is -0.677. The largest absolute Gasteiger partial charge is 0.325 e. The van der Waals surface area contributed by atoms with Crippen LogP contribution in [0.25, 0.3) is 0 Å². The highest BCUT2D eigenvalue weighted by atomic mass is 16.2. The number of nitrogens with zero attached hydrogens (tertiary/aromatic N) is 1. The van der Waals surface area contributed by atoms with Gasteiger partial charge in [0.2, 0.25) is 5.91 Å². The van der Waals surface area contributed by atoms with Crippen LogP contribution in [0.4, 0.5) is 5.69 Å².